The van der Waals surface area contributed by atoms with E-state index in [9.17, 15) is 0 Å². The molecule has 0 aliphatic carbocycles. The van der Waals surface area contributed by atoms with E-state index in [1.54, 1.807) is 21.0 Å². The minimum Gasteiger partial charge on any atom is 0 e. The second kappa shape index (κ2) is 30.1. The number of rotatable bonds is 0. The Balaban J connectivity index is -0.00000000500. The van der Waals surface area contributed by atoms with E-state index in [-0.39, 0.29) is 27.2 Å². The summed E-state index contributed by atoms with van der Waals surface area (Å²) in [5.74, 6) is 0. The Bertz CT molecular complexity index is 8.00. The zero-order valence-electron chi connectivity index (χ0n) is 1.83. The third kappa shape index (κ3) is 10.8. The molecule has 0 aromatic rings. The third-order valence-corrected chi connectivity index (χ3v) is 0. The molecule has 0 spiro atoms. The maximum absolute atomic E-state index is 8.06. The first-order valence-electron chi connectivity index (χ1n) is 0.123. The van der Waals surface area contributed by atoms with Gasteiger partial charge in [0, 0.05) is 21.1 Å². The molecule has 0 radical (unpaired) electrons. The summed E-state index contributed by atoms with van der Waals surface area (Å²) in [4.78, 5) is 0. The smallest absolute Gasteiger partial charge is 0 e. The molecule has 0 aliphatic rings. The first-order valence-corrected chi connectivity index (χ1v) is 0.728. The summed E-state index contributed by atoms with van der Waals surface area (Å²) in [5.41, 5.74) is 0. The fourth-order valence-corrected chi connectivity index (χ4v) is 0. The van der Waals surface area contributed by atoms with Gasteiger partial charge in [0.25, 0.3) is 0 Å². The Morgan fingerprint density at radius 1 is 1.25 bits per heavy atom. The van der Waals surface area contributed by atoms with Crippen LogP contribution >= 0.6 is 0 Å². The Kier molecular flexibility index (Phi) is 143. The molecule has 0 atom stereocenters. The SMILES string of the molecule is N.[O]=[Ag].[W]. The first kappa shape index (κ1) is 19.0. The predicted molar refractivity (Wildman–Crippen MR) is 5.71 cm³/mol. The van der Waals surface area contributed by atoms with Gasteiger partial charge < -0.3 is 6.15 Å². The standard InChI is InChI=1S/Ag.H3N.O.W/h;1H3;;. The second-order valence-corrected chi connectivity index (χ2v) is 0. The van der Waals surface area contributed by atoms with E-state index in [0.29, 0.717) is 0 Å². The normalized spacial score (nSPS) is 1.50. The Hall–Kier alpha value is 1.19. The minimum absolute atomic E-state index is 0. The van der Waals surface area contributed by atoms with Crippen LogP contribution in [0.4, 0.5) is 0 Å². The van der Waals surface area contributed by atoms with Gasteiger partial charge in [0.15, 0.2) is 0 Å². The van der Waals surface area contributed by atoms with E-state index in [1.807, 2.05) is 0 Å². The Labute approximate surface area is 51.4 Å². The maximum atomic E-state index is 8.06. The molecule has 4 heavy (non-hydrogen) atoms. The average Bonchev–Trinajstić information content (AvgIpc) is 1.00. The van der Waals surface area contributed by atoms with Crippen LogP contribution in [0.2, 0.25) is 0 Å². The van der Waals surface area contributed by atoms with Crippen molar-refractivity contribution >= 4 is 0 Å². The van der Waals surface area contributed by atoms with Crippen molar-refractivity contribution in [3.05, 3.63) is 0 Å². The van der Waals surface area contributed by atoms with E-state index in [0.717, 1.165) is 0 Å². The van der Waals surface area contributed by atoms with E-state index < -0.39 is 0 Å². The van der Waals surface area contributed by atoms with Crippen molar-refractivity contribution in [3.8, 4) is 0 Å². The summed E-state index contributed by atoms with van der Waals surface area (Å²) < 4.78 is 8.06. The molecular weight excluding hydrogens is 322 g/mol. The molecule has 0 amide bonds. The van der Waals surface area contributed by atoms with Crippen molar-refractivity contribution < 1.29 is 45.4 Å². The van der Waals surface area contributed by atoms with Crippen molar-refractivity contribution in [1.82, 2.24) is 6.15 Å². The van der Waals surface area contributed by atoms with Gasteiger partial charge in [0.2, 0.25) is 0 Å². The Morgan fingerprint density at radius 2 is 1.25 bits per heavy atom. The summed E-state index contributed by atoms with van der Waals surface area (Å²) in [7, 11) is 0. The van der Waals surface area contributed by atoms with Crippen LogP contribution in [0.1, 0.15) is 0 Å². The maximum Gasteiger partial charge on any atom is 0 e. The molecule has 0 unspecified atom stereocenters. The summed E-state index contributed by atoms with van der Waals surface area (Å²) in [6, 6.07) is 0. The summed E-state index contributed by atoms with van der Waals surface area (Å²) >= 11 is 1.70. The summed E-state index contributed by atoms with van der Waals surface area (Å²) in [6.07, 6.45) is 0. The van der Waals surface area contributed by atoms with Gasteiger partial charge in [-0.05, 0) is 0 Å². The second-order valence-electron chi connectivity index (χ2n) is 0. The largest absolute Gasteiger partial charge is 0 e. The molecule has 0 bridgehead atoms. The van der Waals surface area contributed by atoms with Gasteiger partial charge in [0.1, 0.15) is 0 Å². The van der Waals surface area contributed by atoms with Crippen LogP contribution in [0, 0.1) is 0 Å². The van der Waals surface area contributed by atoms with Crippen LogP contribution in [0.3, 0.4) is 0 Å². The van der Waals surface area contributed by atoms with Gasteiger partial charge in [0.05, 0.1) is 0 Å². The monoisotopic (exact) mass is 324 g/mol. The molecule has 3 N–H and O–H groups in total. The van der Waals surface area contributed by atoms with Crippen molar-refractivity contribution in [2.75, 3.05) is 0 Å². The van der Waals surface area contributed by atoms with Crippen LogP contribution in [-0.4, -0.2) is 0 Å². The van der Waals surface area contributed by atoms with E-state index in [2.05, 4.69) is 0 Å². The van der Waals surface area contributed by atoms with Crippen molar-refractivity contribution in [3.63, 3.8) is 0 Å². The predicted octanol–water partition coefficient (Wildman–Crippen LogP) is 0.0382. The van der Waals surface area contributed by atoms with Crippen molar-refractivity contribution in [1.29, 1.82) is 0 Å². The fourth-order valence-electron chi connectivity index (χ4n) is 0. The zero-order valence-corrected chi connectivity index (χ0v) is 6.24. The quantitative estimate of drug-likeness (QED) is 0.640. The first-order chi connectivity index (χ1) is 1.00. The summed E-state index contributed by atoms with van der Waals surface area (Å²) in [6.45, 7) is 0. The van der Waals surface area contributed by atoms with Gasteiger partial charge in [-0.1, -0.05) is 0 Å². The molecule has 0 aromatic heterocycles. The molecule has 0 rings (SSSR count). The van der Waals surface area contributed by atoms with E-state index >= 15 is 0 Å². The van der Waals surface area contributed by atoms with Crippen LogP contribution < -0.4 is 6.15 Å². The minimum atomic E-state index is 0. The summed E-state index contributed by atoms with van der Waals surface area (Å²) in [5, 5.41) is 0. The van der Waals surface area contributed by atoms with Gasteiger partial charge >= 0.3 is 24.3 Å². The third-order valence-electron chi connectivity index (χ3n) is 0. The van der Waals surface area contributed by atoms with Gasteiger partial charge in [-0.15, -0.1) is 0 Å². The van der Waals surface area contributed by atoms with Crippen LogP contribution in [-0.2, 0) is 45.4 Å². The molecule has 0 heterocycles. The molecule has 0 saturated heterocycles. The van der Waals surface area contributed by atoms with Gasteiger partial charge in [-0.2, -0.15) is 0 Å². The molecule has 4 heteroatoms. The van der Waals surface area contributed by atoms with Crippen LogP contribution in [0.5, 0.6) is 0 Å². The van der Waals surface area contributed by atoms with E-state index in [4.69, 9.17) is 3.25 Å². The average molecular weight is 325 g/mol. The molecule has 0 fully saturated rings. The Morgan fingerprint density at radius 3 is 1.25 bits per heavy atom. The topological polar surface area (TPSA) is 52.1 Å². The van der Waals surface area contributed by atoms with Crippen molar-refractivity contribution in [2.45, 2.75) is 0 Å². The van der Waals surface area contributed by atoms with Crippen LogP contribution in [0.15, 0.2) is 0 Å². The molecule has 0 saturated carbocycles. The molecule has 0 aliphatic heterocycles. The van der Waals surface area contributed by atoms with Gasteiger partial charge in [-0.25, -0.2) is 0 Å². The van der Waals surface area contributed by atoms with Crippen molar-refractivity contribution in [2.24, 2.45) is 0 Å². The molecular formula is H3AgNOW. The number of hydrogen-bond acceptors (Lipinski definition) is 2. The fraction of sp³-hybridized carbons (Fsp3) is 0. The molecule has 31 valence electrons. The van der Waals surface area contributed by atoms with Crippen LogP contribution in [0.25, 0.3) is 0 Å². The van der Waals surface area contributed by atoms with E-state index in [1.165, 1.54) is 0 Å². The molecule has 0 aromatic carbocycles. The van der Waals surface area contributed by atoms with Gasteiger partial charge in [-0.3, -0.25) is 0 Å². The molecule has 2 nitrogen and oxygen atoms in total. The zero-order chi connectivity index (χ0) is 2.00. The number of hydrogen-bond donors (Lipinski definition) is 1.